The minimum atomic E-state index is 0.477. The van der Waals surface area contributed by atoms with E-state index in [9.17, 15) is 0 Å². The second-order valence-corrected chi connectivity index (χ2v) is 3.66. The number of fused-ring (bicyclic) bond motifs is 1. The van der Waals surface area contributed by atoms with Gasteiger partial charge in [-0.25, -0.2) is 4.98 Å². The van der Waals surface area contributed by atoms with Crippen LogP contribution in [0.25, 0.3) is 11.1 Å². The van der Waals surface area contributed by atoms with Crippen LogP contribution in [0.15, 0.2) is 29.0 Å². The Morgan fingerprint density at radius 2 is 2.36 bits per heavy atom. The number of nitrogens with two attached hydrogens (primary N) is 1. The van der Waals surface area contributed by atoms with Crippen molar-refractivity contribution in [3.05, 3.63) is 30.2 Å². The molecule has 0 spiro atoms. The summed E-state index contributed by atoms with van der Waals surface area (Å²) in [5.41, 5.74) is 8.60. The fraction of sp³-hybridized carbons (Fsp3) is 0.364. The number of rotatable bonds is 3. The fourth-order valence-electron chi connectivity index (χ4n) is 1.56. The van der Waals surface area contributed by atoms with Gasteiger partial charge in [0.05, 0.1) is 0 Å². The Labute approximate surface area is 82.9 Å². The SMILES string of the molecule is CC(CN)Cc1cccc2ncoc12. The molecule has 0 saturated heterocycles. The first-order valence-corrected chi connectivity index (χ1v) is 4.82. The average molecular weight is 190 g/mol. The van der Waals surface area contributed by atoms with Crippen molar-refractivity contribution in [3.63, 3.8) is 0 Å². The van der Waals surface area contributed by atoms with Crippen molar-refractivity contribution < 1.29 is 4.42 Å². The minimum Gasteiger partial charge on any atom is -0.443 e. The summed E-state index contributed by atoms with van der Waals surface area (Å²) in [5, 5.41) is 0. The van der Waals surface area contributed by atoms with Crippen LogP contribution < -0.4 is 5.73 Å². The van der Waals surface area contributed by atoms with Crippen molar-refractivity contribution in [2.45, 2.75) is 13.3 Å². The third-order valence-electron chi connectivity index (χ3n) is 2.41. The summed E-state index contributed by atoms with van der Waals surface area (Å²) in [4.78, 5) is 4.11. The smallest absolute Gasteiger partial charge is 0.181 e. The average Bonchev–Trinajstić information content (AvgIpc) is 2.66. The van der Waals surface area contributed by atoms with E-state index >= 15 is 0 Å². The molecule has 0 amide bonds. The summed E-state index contributed by atoms with van der Waals surface area (Å²) in [6.45, 7) is 2.83. The summed E-state index contributed by atoms with van der Waals surface area (Å²) in [6.07, 6.45) is 2.43. The zero-order chi connectivity index (χ0) is 9.97. The lowest BCUT2D eigenvalue weighted by atomic mass is 10.0. The molecule has 0 fully saturated rings. The highest BCUT2D eigenvalue weighted by molar-refractivity contribution is 5.75. The molecule has 0 aliphatic rings. The third kappa shape index (κ3) is 1.63. The standard InChI is InChI=1S/C11H14N2O/c1-8(6-12)5-9-3-2-4-10-11(9)14-7-13-10/h2-4,7-8H,5-6,12H2,1H3. The molecule has 1 atom stereocenters. The maximum Gasteiger partial charge on any atom is 0.181 e. The molecule has 1 aromatic heterocycles. The molecular weight excluding hydrogens is 176 g/mol. The molecule has 0 aliphatic carbocycles. The number of aromatic nitrogens is 1. The molecule has 3 nitrogen and oxygen atoms in total. The fourth-order valence-corrected chi connectivity index (χ4v) is 1.56. The maximum absolute atomic E-state index is 5.59. The molecule has 0 bridgehead atoms. The minimum absolute atomic E-state index is 0.477. The molecule has 0 radical (unpaired) electrons. The second kappa shape index (κ2) is 3.80. The molecule has 0 saturated carbocycles. The highest BCUT2D eigenvalue weighted by atomic mass is 16.3. The van der Waals surface area contributed by atoms with E-state index in [0.29, 0.717) is 12.5 Å². The Bertz CT molecular complexity index is 422. The third-order valence-corrected chi connectivity index (χ3v) is 2.41. The highest BCUT2D eigenvalue weighted by Gasteiger charge is 2.07. The van der Waals surface area contributed by atoms with Crippen LogP contribution >= 0.6 is 0 Å². The van der Waals surface area contributed by atoms with Gasteiger partial charge in [0, 0.05) is 0 Å². The first-order chi connectivity index (χ1) is 6.81. The van der Waals surface area contributed by atoms with Crippen LogP contribution in [0.1, 0.15) is 12.5 Å². The van der Waals surface area contributed by atoms with Gasteiger partial charge in [0.15, 0.2) is 12.0 Å². The molecule has 2 rings (SSSR count). The van der Waals surface area contributed by atoms with Crippen molar-refractivity contribution in [1.29, 1.82) is 0 Å². The van der Waals surface area contributed by atoms with Crippen LogP contribution in [0.5, 0.6) is 0 Å². The highest BCUT2D eigenvalue weighted by Crippen LogP contribution is 2.19. The van der Waals surface area contributed by atoms with Crippen LogP contribution in [-0.2, 0) is 6.42 Å². The Kier molecular flexibility index (Phi) is 2.50. The number of hydrogen-bond acceptors (Lipinski definition) is 3. The van der Waals surface area contributed by atoms with Gasteiger partial charge in [0.2, 0.25) is 0 Å². The second-order valence-electron chi connectivity index (χ2n) is 3.66. The predicted molar refractivity (Wildman–Crippen MR) is 55.9 cm³/mol. The number of para-hydroxylation sites is 1. The Hall–Kier alpha value is -1.35. The van der Waals surface area contributed by atoms with Gasteiger partial charge in [-0.2, -0.15) is 0 Å². The molecule has 3 heteroatoms. The van der Waals surface area contributed by atoms with E-state index in [1.807, 2.05) is 12.1 Å². The Balaban J connectivity index is 2.36. The number of nitrogens with zero attached hydrogens (tertiary/aromatic N) is 1. The topological polar surface area (TPSA) is 52.0 Å². The number of oxazole rings is 1. The van der Waals surface area contributed by atoms with E-state index in [4.69, 9.17) is 10.2 Å². The van der Waals surface area contributed by atoms with Gasteiger partial charge in [0.25, 0.3) is 0 Å². The summed E-state index contributed by atoms with van der Waals surface area (Å²) in [5.74, 6) is 0.477. The molecule has 2 aromatic rings. The molecule has 14 heavy (non-hydrogen) atoms. The lowest BCUT2D eigenvalue weighted by molar-refractivity contribution is 0.569. The number of benzene rings is 1. The van der Waals surface area contributed by atoms with E-state index in [2.05, 4.69) is 18.0 Å². The summed E-state index contributed by atoms with van der Waals surface area (Å²) in [7, 11) is 0. The van der Waals surface area contributed by atoms with E-state index in [0.717, 1.165) is 17.5 Å². The monoisotopic (exact) mass is 190 g/mol. The molecule has 1 aromatic carbocycles. The van der Waals surface area contributed by atoms with Crippen LogP contribution in [-0.4, -0.2) is 11.5 Å². The maximum atomic E-state index is 5.59. The summed E-state index contributed by atoms with van der Waals surface area (Å²) in [6, 6.07) is 6.03. The lowest BCUT2D eigenvalue weighted by Crippen LogP contribution is -2.13. The quantitative estimate of drug-likeness (QED) is 0.805. The largest absolute Gasteiger partial charge is 0.443 e. The van der Waals surface area contributed by atoms with E-state index in [-0.39, 0.29) is 0 Å². The normalized spacial score (nSPS) is 13.3. The zero-order valence-electron chi connectivity index (χ0n) is 8.23. The molecular formula is C11H14N2O. The molecule has 0 aliphatic heterocycles. The summed E-state index contributed by atoms with van der Waals surface area (Å²) >= 11 is 0. The Morgan fingerprint density at radius 1 is 1.50 bits per heavy atom. The van der Waals surface area contributed by atoms with Crippen molar-refractivity contribution in [2.24, 2.45) is 11.7 Å². The van der Waals surface area contributed by atoms with Crippen molar-refractivity contribution in [1.82, 2.24) is 4.98 Å². The van der Waals surface area contributed by atoms with Gasteiger partial charge >= 0.3 is 0 Å². The number of hydrogen-bond donors (Lipinski definition) is 1. The molecule has 1 heterocycles. The predicted octanol–water partition coefficient (Wildman–Crippen LogP) is 1.97. The van der Waals surface area contributed by atoms with Crippen LogP contribution in [0.2, 0.25) is 0 Å². The van der Waals surface area contributed by atoms with Gasteiger partial charge in [0.1, 0.15) is 5.52 Å². The first-order valence-electron chi connectivity index (χ1n) is 4.82. The lowest BCUT2D eigenvalue weighted by Gasteiger charge is -2.07. The van der Waals surface area contributed by atoms with Crippen LogP contribution in [0, 0.1) is 5.92 Å². The van der Waals surface area contributed by atoms with E-state index in [1.54, 1.807) is 0 Å². The molecule has 1 unspecified atom stereocenters. The first kappa shape index (κ1) is 9.21. The van der Waals surface area contributed by atoms with E-state index < -0.39 is 0 Å². The Morgan fingerprint density at radius 3 is 3.14 bits per heavy atom. The summed E-state index contributed by atoms with van der Waals surface area (Å²) < 4.78 is 5.34. The van der Waals surface area contributed by atoms with Crippen molar-refractivity contribution in [2.75, 3.05) is 6.54 Å². The van der Waals surface area contributed by atoms with Crippen LogP contribution in [0.3, 0.4) is 0 Å². The molecule has 2 N–H and O–H groups in total. The zero-order valence-corrected chi connectivity index (χ0v) is 8.23. The van der Waals surface area contributed by atoms with Crippen molar-refractivity contribution >= 4 is 11.1 Å². The van der Waals surface area contributed by atoms with Gasteiger partial charge < -0.3 is 10.2 Å². The van der Waals surface area contributed by atoms with Gasteiger partial charge in [-0.3, -0.25) is 0 Å². The van der Waals surface area contributed by atoms with Gasteiger partial charge in [-0.15, -0.1) is 0 Å². The van der Waals surface area contributed by atoms with Gasteiger partial charge in [-0.05, 0) is 30.5 Å². The van der Waals surface area contributed by atoms with E-state index in [1.165, 1.54) is 12.0 Å². The molecule has 74 valence electrons. The van der Waals surface area contributed by atoms with Crippen molar-refractivity contribution in [3.8, 4) is 0 Å². The van der Waals surface area contributed by atoms with Gasteiger partial charge in [-0.1, -0.05) is 19.1 Å². The van der Waals surface area contributed by atoms with Crippen LogP contribution in [0.4, 0.5) is 0 Å².